The average molecular weight is 264 g/mol. The van der Waals surface area contributed by atoms with Gasteiger partial charge in [-0.3, -0.25) is 0 Å². The molecule has 6 heteroatoms. The first-order chi connectivity index (χ1) is 7.05. The number of sulfone groups is 1. The summed E-state index contributed by atoms with van der Waals surface area (Å²) in [7, 11) is -2.96. The van der Waals surface area contributed by atoms with E-state index in [1.165, 1.54) is 5.41 Å². The zero-order valence-electron chi connectivity index (χ0n) is 7.81. The second-order valence-corrected chi connectivity index (χ2v) is 6.74. The second kappa shape index (κ2) is 4.25. The van der Waals surface area contributed by atoms with Crippen molar-refractivity contribution >= 4 is 32.8 Å². The van der Waals surface area contributed by atoms with Gasteiger partial charge >= 0.3 is 0 Å². The van der Waals surface area contributed by atoms with Crippen LogP contribution in [-0.4, -0.2) is 20.2 Å². The van der Waals surface area contributed by atoms with Crippen LogP contribution in [0.4, 0.5) is 0 Å². The molecular weight excluding hydrogens is 254 g/mol. The molecule has 0 aliphatic carbocycles. The summed E-state index contributed by atoms with van der Waals surface area (Å²) in [6, 6.07) is 1.81. The van der Waals surface area contributed by atoms with E-state index in [9.17, 15) is 8.42 Å². The molecule has 0 amide bonds. The summed E-state index contributed by atoms with van der Waals surface area (Å²) < 4.78 is 22.2. The molecule has 0 fully saturated rings. The lowest BCUT2D eigenvalue weighted by atomic mass is 10.3. The molecule has 0 spiro atoms. The summed E-state index contributed by atoms with van der Waals surface area (Å²) in [5.41, 5.74) is 0. The Kier molecular flexibility index (Phi) is 3.16. The van der Waals surface area contributed by atoms with E-state index >= 15 is 0 Å². The predicted molar refractivity (Wildman–Crippen MR) is 62.9 cm³/mol. The molecule has 2 rings (SSSR count). The van der Waals surface area contributed by atoms with Crippen molar-refractivity contribution in [2.24, 2.45) is 0 Å². The quantitative estimate of drug-likeness (QED) is 0.905. The lowest BCUT2D eigenvalue weighted by molar-refractivity contribution is 0.591. The van der Waals surface area contributed by atoms with Gasteiger partial charge in [0.05, 0.1) is 10.8 Å². The first-order valence-electron chi connectivity index (χ1n) is 4.42. The van der Waals surface area contributed by atoms with Crippen LogP contribution in [0.3, 0.4) is 0 Å². The fraction of sp³-hybridized carbons (Fsp3) is 0.333. The molecule has 0 saturated carbocycles. The highest BCUT2D eigenvalue weighted by molar-refractivity contribution is 7.94. The number of rotatable bonds is 3. The van der Waals surface area contributed by atoms with E-state index in [0.29, 0.717) is 6.54 Å². The van der Waals surface area contributed by atoms with E-state index in [2.05, 4.69) is 5.32 Å². The summed E-state index contributed by atoms with van der Waals surface area (Å²) in [6.45, 7) is 0.655. The molecule has 82 valence electrons. The van der Waals surface area contributed by atoms with Crippen LogP contribution in [0.15, 0.2) is 22.9 Å². The number of thiophene rings is 1. The van der Waals surface area contributed by atoms with Crippen molar-refractivity contribution in [2.75, 3.05) is 5.75 Å². The van der Waals surface area contributed by atoms with Crippen LogP contribution in [0, 0.1) is 0 Å². The molecule has 15 heavy (non-hydrogen) atoms. The molecule has 2 heterocycles. The van der Waals surface area contributed by atoms with E-state index < -0.39 is 9.84 Å². The first kappa shape index (κ1) is 11.1. The minimum absolute atomic E-state index is 0.0733. The third-order valence-corrected chi connectivity index (χ3v) is 4.77. The second-order valence-electron chi connectivity index (χ2n) is 3.38. The summed E-state index contributed by atoms with van der Waals surface area (Å²) >= 11 is 7.34. The Morgan fingerprint density at radius 3 is 2.93 bits per heavy atom. The summed E-state index contributed by atoms with van der Waals surface area (Å²) in [4.78, 5) is 1.11. The van der Waals surface area contributed by atoms with Gasteiger partial charge in [0.1, 0.15) is 0 Å². The van der Waals surface area contributed by atoms with Crippen LogP contribution in [-0.2, 0) is 16.4 Å². The zero-order chi connectivity index (χ0) is 10.9. The van der Waals surface area contributed by atoms with Crippen molar-refractivity contribution in [3.05, 3.63) is 32.8 Å². The Labute approximate surface area is 97.7 Å². The van der Waals surface area contributed by atoms with Gasteiger partial charge in [-0.1, -0.05) is 17.7 Å². The van der Waals surface area contributed by atoms with Gasteiger partial charge < -0.3 is 5.32 Å². The maximum atomic E-state index is 11.1. The lowest BCUT2D eigenvalue weighted by Crippen LogP contribution is -2.29. The molecule has 0 radical (unpaired) electrons. The van der Waals surface area contributed by atoms with Gasteiger partial charge in [-0.15, -0.1) is 11.3 Å². The van der Waals surface area contributed by atoms with Gasteiger partial charge in [-0.05, 0) is 6.07 Å². The first-order valence-corrected chi connectivity index (χ1v) is 7.40. The Bertz CT molecular complexity index is 478. The van der Waals surface area contributed by atoms with E-state index in [0.717, 1.165) is 9.90 Å². The summed E-state index contributed by atoms with van der Waals surface area (Å²) in [6.07, 6.45) is 1.69. The van der Waals surface area contributed by atoms with Gasteiger partial charge in [-0.2, -0.15) is 0 Å². The van der Waals surface area contributed by atoms with Gasteiger partial charge in [0.25, 0.3) is 0 Å². The number of hydrogen-bond acceptors (Lipinski definition) is 4. The Morgan fingerprint density at radius 1 is 1.60 bits per heavy atom. The minimum Gasteiger partial charge on any atom is -0.305 e. The fourth-order valence-electron chi connectivity index (χ4n) is 1.38. The molecule has 0 saturated heterocycles. The summed E-state index contributed by atoms with van der Waals surface area (Å²) in [5, 5.41) is 7.01. The van der Waals surface area contributed by atoms with Crippen molar-refractivity contribution < 1.29 is 8.42 Å². The van der Waals surface area contributed by atoms with Crippen LogP contribution in [0.5, 0.6) is 0 Å². The van der Waals surface area contributed by atoms with Crippen LogP contribution in [0.25, 0.3) is 0 Å². The predicted octanol–water partition coefficient (Wildman–Crippen LogP) is 1.80. The van der Waals surface area contributed by atoms with E-state index in [1.807, 2.05) is 11.4 Å². The van der Waals surface area contributed by atoms with Crippen molar-refractivity contribution in [1.29, 1.82) is 0 Å². The zero-order valence-corrected chi connectivity index (χ0v) is 10.2. The number of nitrogens with one attached hydrogen (secondary N) is 1. The molecule has 1 atom stereocenters. The molecule has 1 N–H and O–H groups in total. The Morgan fingerprint density at radius 2 is 2.40 bits per heavy atom. The molecule has 1 aliphatic rings. The van der Waals surface area contributed by atoms with E-state index in [-0.39, 0.29) is 11.8 Å². The van der Waals surface area contributed by atoms with Crippen LogP contribution < -0.4 is 5.32 Å². The molecule has 1 aliphatic heterocycles. The van der Waals surface area contributed by atoms with Crippen LogP contribution >= 0.6 is 22.9 Å². The maximum Gasteiger partial charge on any atom is 0.173 e. The molecular formula is C9H10ClNO2S2. The lowest BCUT2D eigenvalue weighted by Gasteiger charge is -2.07. The Hall–Kier alpha value is -0.360. The van der Waals surface area contributed by atoms with Crippen molar-refractivity contribution in [1.82, 2.24) is 5.32 Å². The van der Waals surface area contributed by atoms with E-state index in [1.54, 1.807) is 17.4 Å². The SMILES string of the molecule is O=S1(=O)C=CC(NCc2cc(Cl)cs2)C1. The Balaban J connectivity index is 1.88. The molecule has 1 unspecified atom stereocenters. The monoisotopic (exact) mass is 263 g/mol. The highest BCUT2D eigenvalue weighted by Crippen LogP contribution is 2.19. The molecule has 0 bridgehead atoms. The largest absolute Gasteiger partial charge is 0.305 e. The topological polar surface area (TPSA) is 46.2 Å². The molecule has 0 aromatic carbocycles. The third-order valence-electron chi connectivity index (χ3n) is 2.09. The van der Waals surface area contributed by atoms with Gasteiger partial charge in [0.15, 0.2) is 9.84 Å². The number of halogens is 1. The molecule has 3 nitrogen and oxygen atoms in total. The average Bonchev–Trinajstić information content (AvgIpc) is 2.69. The molecule has 1 aromatic rings. The highest BCUT2D eigenvalue weighted by atomic mass is 35.5. The normalized spacial score (nSPS) is 23.4. The van der Waals surface area contributed by atoms with Crippen LogP contribution in [0.1, 0.15) is 4.88 Å². The van der Waals surface area contributed by atoms with Crippen molar-refractivity contribution in [2.45, 2.75) is 12.6 Å². The standard InChI is InChI=1S/C9H10ClNO2S2/c10-7-3-9(14-5-7)4-11-8-1-2-15(12,13)6-8/h1-3,5,8,11H,4,6H2. The van der Waals surface area contributed by atoms with Gasteiger partial charge in [-0.25, -0.2) is 8.42 Å². The smallest absolute Gasteiger partial charge is 0.173 e. The summed E-state index contributed by atoms with van der Waals surface area (Å²) in [5.74, 6) is 0.159. The maximum absolute atomic E-state index is 11.1. The van der Waals surface area contributed by atoms with Crippen LogP contribution in [0.2, 0.25) is 5.02 Å². The molecule has 1 aromatic heterocycles. The fourth-order valence-corrected chi connectivity index (χ4v) is 3.67. The highest BCUT2D eigenvalue weighted by Gasteiger charge is 2.20. The van der Waals surface area contributed by atoms with Crippen molar-refractivity contribution in [3.8, 4) is 0 Å². The van der Waals surface area contributed by atoms with Gasteiger partial charge in [0, 0.05) is 28.3 Å². The third kappa shape index (κ3) is 3.04. The van der Waals surface area contributed by atoms with Crippen molar-refractivity contribution in [3.63, 3.8) is 0 Å². The van der Waals surface area contributed by atoms with Gasteiger partial charge in [0.2, 0.25) is 0 Å². The minimum atomic E-state index is -2.96. The van der Waals surface area contributed by atoms with E-state index in [4.69, 9.17) is 11.6 Å². The number of hydrogen-bond donors (Lipinski definition) is 1.